The highest BCUT2D eigenvalue weighted by Crippen LogP contribution is 2.56. The SMILES string of the molecule is O=C(c1cc(N2CCOCC2)ccn1)N1CC2(CC2)c2ccccc21. The van der Waals surface area contributed by atoms with E-state index in [1.165, 1.54) is 18.4 Å². The van der Waals surface area contributed by atoms with Crippen molar-refractivity contribution in [2.45, 2.75) is 18.3 Å². The Morgan fingerprint density at radius 1 is 1.12 bits per heavy atom. The number of benzene rings is 1. The van der Waals surface area contributed by atoms with Crippen LogP contribution in [0.5, 0.6) is 0 Å². The molecule has 0 N–H and O–H groups in total. The third-order valence-corrected chi connectivity index (χ3v) is 5.66. The predicted molar refractivity (Wildman–Crippen MR) is 96.3 cm³/mol. The van der Waals surface area contributed by atoms with Gasteiger partial charge in [-0.25, -0.2) is 0 Å². The molecule has 1 aromatic heterocycles. The quantitative estimate of drug-likeness (QED) is 0.846. The minimum Gasteiger partial charge on any atom is -0.378 e. The number of hydrogen-bond donors (Lipinski definition) is 0. The van der Waals surface area contributed by atoms with Gasteiger partial charge in [0.15, 0.2) is 0 Å². The van der Waals surface area contributed by atoms with Crippen molar-refractivity contribution in [2.75, 3.05) is 42.6 Å². The summed E-state index contributed by atoms with van der Waals surface area (Å²) in [4.78, 5) is 21.7. The van der Waals surface area contributed by atoms with Crippen molar-refractivity contribution < 1.29 is 9.53 Å². The average Bonchev–Trinajstić information content (AvgIpc) is 3.39. The lowest BCUT2D eigenvalue weighted by Gasteiger charge is -2.29. The molecule has 2 aromatic rings. The summed E-state index contributed by atoms with van der Waals surface area (Å²) >= 11 is 0. The monoisotopic (exact) mass is 335 g/mol. The van der Waals surface area contributed by atoms with E-state index in [1.807, 2.05) is 23.1 Å². The number of carbonyl (C=O) groups is 1. The zero-order valence-electron chi connectivity index (χ0n) is 14.1. The molecule has 25 heavy (non-hydrogen) atoms. The average molecular weight is 335 g/mol. The van der Waals surface area contributed by atoms with Gasteiger partial charge in [0.1, 0.15) is 5.69 Å². The Kier molecular flexibility index (Phi) is 3.31. The zero-order valence-corrected chi connectivity index (χ0v) is 14.1. The van der Waals surface area contributed by atoms with E-state index in [0.29, 0.717) is 5.69 Å². The van der Waals surface area contributed by atoms with Crippen LogP contribution in [0, 0.1) is 0 Å². The number of fused-ring (bicyclic) bond motifs is 2. The van der Waals surface area contributed by atoms with Gasteiger partial charge in [0.25, 0.3) is 5.91 Å². The van der Waals surface area contributed by atoms with Crippen molar-refractivity contribution in [3.8, 4) is 0 Å². The van der Waals surface area contributed by atoms with Gasteiger partial charge in [0.2, 0.25) is 0 Å². The van der Waals surface area contributed by atoms with Gasteiger partial charge in [0, 0.05) is 42.6 Å². The van der Waals surface area contributed by atoms with Crippen LogP contribution < -0.4 is 9.80 Å². The molecule has 5 rings (SSSR count). The van der Waals surface area contributed by atoms with Crippen LogP contribution in [0.15, 0.2) is 42.6 Å². The summed E-state index contributed by atoms with van der Waals surface area (Å²) in [6.45, 7) is 3.95. The molecule has 1 amide bonds. The van der Waals surface area contributed by atoms with Gasteiger partial charge in [0.05, 0.1) is 13.2 Å². The van der Waals surface area contributed by atoms with Crippen molar-refractivity contribution in [1.82, 2.24) is 4.98 Å². The van der Waals surface area contributed by atoms with Crippen LogP contribution in [-0.4, -0.2) is 43.7 Å². The molecule has 5 heteroatoms. The van der Waals surface area contributed by atoms with Gasteiger partial charge in [-0.1, -0.05) is 18.2 Å². The van der Waals surface area contributed by atoms with E-state index in [9.17, 15) is 4.79 Å². The second-order valence-corrected chi connectivity index (χ2v) is 7.19. The number of para-hydroxylation sites is 1. The molecule has 5 nitrogen and oxygen atoms in total. The molecule has 2 fully saturated rings. The summed E-state index contributed by atoms with van der Waals surface area (Å²) in [6, 6.07) is 12.2. The first-order chi connectivity index (χ1) is 12.3. The lowest BCUT2D eigenvalue weighted by atomic mass is 9.99. The third-order valence-electron chi connectivity index (χ3n) is 5.66. The number of hydrogen-bond acceptors (Lipinski definition) is 4. The van der Waals surface area contributed by atoms with Crippen molar-refractivity contribution in [1.29, 1.82) is 0 Å². The number of pyridine rings is 1. The van der Waals surface area contributed by atoms with Crippen LogP contribution in [-0.2, 0) is 10.2 Å². The minimum absolute atomic E-state index is 0.00587. The fourth-order valence-corrected chi connectivity index (χ4v) is 4.08. The molecule has 0 unspecified atom stereocenters. The van der Waals surface area contributed by atoms with Crippen molar-refractivity contribution in [3.05, 3.63) is 53.9 Å². The molecule has 1 aliphatic carbocycles. The van der Waals surface area contributed by atoms with Gasteiger partial charge in [-0.2, -0.15) is 0 Å². The van der Waals surface area contributed by atoms with E-state index < -0.39 is 0 Å². The molecule has 0 bridgehead atoms. The fourth-order valence-electron chi connectivity index (χ4n) is 4.08. The molecule has 1 spiro atoms. The number of aromatic nitrogens is 1. The largest absolute Gasteiger partial charge is 0.378 e. The number of rotatable bonds is 2. The fraction of sp³-hybridized carbons (Fsp3) is 0.400. The smallest absolute Gasteiger partial charge is 0.276 e. The van der Waals surface area contributed by atoms with Gasteiger partial charge in [-0.3, -0.25) is 9.78 Å². The summed E-state index contributed by atoms with van der Waals surface area (Å²) in [6.07, 6.45) is 4.09. The molecule has 128 valence electrons. The Morgan fingerprint density at radius 3 is 2.72 bits per heavy atom. The number of morpholine rings is 1. The highest BCUT2D eigenvalue weighted by atomic mass is 16.5. The Labute approximate surface area is 147 Å². The second kappa shape index (κ2) is 5.56. The first-order valence-corrected chi connectivity index (χ1v) is 8.97. The summed E-state index contributed by atoms with van der Waals surface area (Å²) in [5, 5.41) is 0. The Hall–Kier alpha value is -2.40. The predicted octanol–water partition coefficient (Wildman–Crippen LogP) is 2.61. The van der Waals surface area contributed by atoms with E-state index >= 15 is 0 Å². The van der Waals surface area contributed by atoms with E-state index in [1.54, 1.807) is 6.20 Å². The number of ether oxygens (including phenoxy) is 1. The first kappa shape index (κ1) is 14.9. The van der Waals surface area contributed by atoms with E-state index in [2.05, 4.69) is 28.1 Å². The zero-order chi connectivity index (χ0) is 16.9. The molecule has 1 aromatic carbocycles. The standard InChI is InChI=1S/C20H21N3O2/c24-19(17-13-15(5-8-21-17)22-9-11-25-12-10-22)23-14-20(6-7-20)16-3-1-2-4-18(16)23/h1-5,8,13H,6-7,9-12,14H2. The highest BCUT2D eigenvalue weighted by molar-refractivity contribution is 6.07. The number of amides is 1. The summed E-state index contributed by atoms with van der Waals surface area (Å²) in [5.74, 6) is 0.00587. The Bertz CT molecular complexity index is 825. The maximum Gasteiger partial charge on any atom is 0.276 e. The van der Waals surface area contributed by atoms with Gasteiger partial charge in [-0.05, 0) is 36.6 Å². The maximum absolute atomic E-state index is 13.2. The lowest BCUT2D eigenvalue weighted by Crippen LogP contribution is -2.36. The number of carbonyl (C=O) groups excluding carboxylic acids is 1. The molecule has 1 saturated carbocycles. The molecular formula is C20H21N3O2. The first-order valence-electron chi connectivity index (χ1n) is 8.97. The van der Waals surface area contributed by atoms with Crippen LogP contribution in [0.3, 0.4) is 0 Å². The molecule has 3 aliphatic rings. The van der Waals surface area contributed by atoms with Gasteiger partial charge in [-0.15, -0.1) is 0 Å². The summed E-state index contributed by atoms with van der Waals surface area (Å²) in [7, 11) is 0. The summed E-state index contributed by atoms with van der Waals surface area (Å²) < 4.78 is 5.42. The van der Waals surface area contributed by atoms with Crippen molar-refractivity contribution >= 4 is 17.3 Å². The van der Waals surface area contributed by atoms with E-state index in [-0.39, 0.29) is 11.3 Å². The van der Waals surface area contributed by atoms with Crippen LogP contribution in [0.4, 0.5) is 11.4 Å². The lowest BCUT2D eigenvalue weighted by molar-refractivity contribution is 0.0983. The third kappa shape index (κ3) is 2.42. The molecule has 1 saturated heterocycles. The highest BCUT2D eigenvalue weighted by Gasteiger charge is 2.52. The van der Waals surface area contributed by atoms with E-state index in [4.69, 9.17) is 4.74 Å². The minimum atomic E-state index is 0.00587. The maximum atomic E-state index is 13.2. The number of anilines is 2. The van der Waals surface area contributed by atoms with Gasteiger partial charge < -0.3 is 14.5 Å². The van der Waals surface area contributed by atoms with Crippen LogP contribution in [0.25, 0.3) is 0 Å². The number of nitrogens with zero attached hydrogens (tertiary/aromatic N) is 3. The molecule has 3 heterocycles. The Balaban J connectivity index is 1.45. The molecule has 0 atom stereocenters. The summed E-state index contributed by atoms with van der Waals surface area (Å²) in [5.41, 5.74) is 4.16. The normalized spacial score (nSPS) is 20.6. The topological polar surface area (TPSA) is 45.7 Å². The molecule has 0 radical (unpaired) electrons. The van der Waals surface area contributed by atoms with Crippen molar-refractivity contribution in [2.24, 2.45) is 0 Å². The molecule has 2 aliphatic heterocycles. The van der Waals surface area contributed by atoms with Crippen molar-refractivity contribution in [3.63, 3.8) is 0 Å². The second-order valence-electron chi connectivity index (χ2n) is 7.19. The van der Waals surface area contributed by atoms with Crippen LogP contribution in [0.2, 0.25) is 0 Å². The van der Waals surface area contributed by atoms with Crippen LogP contribution >= 0.6 is 0 Å². The molecular weight excluding hydrogens is 314 g/mol. The van der Waals surface area contributed by atoms with Crippen LogP contribution in [0.1, 0.15) is 28.9 Å². The van der Waals surface area contributed by atoms with E-state index in [0.717, 1.165) is 44.2 Å². The Morgan fingerprint density at radius 2 is 1.92 bits per heavy atom. The van der Waals surface area contributed by atoms with Gasteiger partial charge >= 0.3 is 0 Å².